The molecule has 0 spiro atoms. The molecule has 9 aromatic carbocycles. The Balaban J connectivity index is 0.000000155. The van der Waals surface area contributed by atoms with Crippen molar-refractivity contribution < 1.29 is 10.0 Å². The minimum absolute atomic E-state index is 0.350. The van der Waals surface area contributed by atoms with Crippen molar-refractivity contribution in [3.63, 3.8) is 0 Å². The maximum absolute atomic E-state index is 8.68. The van der Waals surface area contributed by atoms with Gasteiger partial charge in [0.1, 0.15) is 12.2 Å². The van der Waals surface area contributed by atoms with Crippen LogP contribution in [0.4, 0.5) is 11.4 Å². The van der Waals surface area contributed by atoms with E-state index in [0.717, 1.165) is 21.3 Å². The summed E-state index contributed by atoms with van der Waals surface area (Å²) in [5, 5.41) is 28.4. The molecule has 0 heterocycles. The lowest BCUT2D eigenvalue weighted by Crippen LogP contribution is -2.74. The molecule has 1 aliphatic rings. The molecule has 0 fully saturated rings. The second kappa shape index (κ2) is 22.4. The smallest absolute Gasteiger partial charge is 0.423 e. The highest BCUT2D eigenvalue weighted by atomic mass is 79.9. The zero-order valence-corrected chi connectivity index (χ0v) is 41.1. The van der Waals surface area contributed by atoms with Crippen molar-refractivity contribution in [3.05, 3.63) is 289 Å². The Hall–Kier alpha value is -7.39. The summed E-state index contributed by atoms with van der Waals surface area (Å²) >= 11 is 3.59. The van der Waals surface area contributed by atoms with E-state index in [4.69, 9.17) is 21.5 Å². The molecule has 8 heteroatoms. The Morgan fingerprint density at radius 1 is 0.397 bits per heavy atom. The summed E-state index contributed by atoms with van der Waals surface area (Å²) in [6, 6.07) is 87.4. The molecule has 0 amide bonds. The molecule has 330 valence electrons. The first-order valence-electron chi connectivity index (χ1n) is 22.5. The van der Waals surface area contributed by atoms with Crippen LogP contribution < -0.4 is 53.2 Å². The van der Waals surface area contributed by atoms with E-state index in [1.807, 2.05) is 30.4 Å². The summed E-state index contributed by atoms with van der Waals surface area (Å²) in [5.41, 5.74) is 15.4. The molecule has 10 rings (SSSR count). The maximum Gasteiger partial charge on any atom is 0.490 e. The van der Waals surface area contributed by atoms with E-state index in [9.17, 15) is 0 Å². The fraction of sp³-hybridized carbons (Fsp3) is 0. The number of allylic oxidation sites excluding steroid dienone is 6. The van der Waals surface area contributed by atoms with Crippen LogP contribution in [0.2, 0.25) is 0 Å². The fourth-order valence-electron chi connectivity index (χ4n) is 9.18. The number of benzene rings is 9. The summed E-state index contributed by atoms with van der Waals surface area (Å²) < 4.78 is 1.10. The highest BCUT2D eigenvalue weighted by molar-refractivity contribution is 9.10. The van der Waals surface area contributed by atoms with Crippen LogP contribution >= 0.6 is 15.9 Å². The molecular weight excluding hydrogens is 928 g/mol. The minimum atomic E-state index is -2.47. The predicted molar refractivity (Wildman–Crippen MR) is 297 cm³/mol. The van der Waals surface area contributed by atoms with Crippen LogP contribution in [0.1, 0.15) is 0 Å². The molecule has 0 unspecified atom stereocenters. The zero-order valence-electron chi connectivity index (χ0n) is 37.5. The lowest BCUT2D eigenvalue weighted by atomic mass is 9.79. The summed E-state index contributed by atoms with van der Waals surface area (Å²) in [6.45, 7) is 0. The molecule has 68 heavy (non-hydrogen) atoms. The van der Waals surface area contributed by atoms with Crippen molar-refractivity contribution >= 4 is 92.3 Å². The highest BCUT2D eigenvalue weighted by Gasteiger charge is 2.45. The van der Waals surface area contributed by atoms with Crippen LogP contribution in [0, 0.1) is 6.08 Å². The summed E-state index contributed by atoms with van der Waals surface area (Å²) in [5.74, 6) is 0. The van der Waals surface area contributed by atoms with Gasteiger partial charge in [-0.25, -0.2) is 0 Å². The molecule has 0 atom stereocenters. The zero-order chi connectivity index (χ0) is 47.2. The van der Waals surface area contributed by atoms with Gasteiger partial charge in [0.2, 0.25) is 8.07 Å². The second-order valence-corrected chi connectivity index (χ2v) is 24.8. The number of anilines is 2. The number of hydrogen-bond donors (Lipinski definition) is 4. The molecule has 4 nitrogen and oxygen atoms in total. The van der Waals surface area contributed by atoms with E-state index >= 15 is 0 Å². The van der Waals surface area contributed by atoms with Crippen LogP contribution in [-0.2, 0) is 0 Å². The van der Waals surface area contributed by atoms with Crippen molar-refractivity contribution in [2.45, 2.75) is 0 Å². The Morgan fingerprint density at radius 3 is 1.16 bits per heavy atom. The number of nitrogens with two attached hydrogens (primary N) is 2. The monoisotopic (exact) mass is 977 g/mol. The Labute approximate surface area is 411 Å². The van der Waals surface area contributed by atoms with Gasteiger partial charge in [0, 0.05) is 45.1 Å². The Morgan fingerprint density at radius 2 is 0.765 bits per heavy atom. The maximum atomic E-state index is 8.68. The van der Waals surface area contributed by atoms with E-state index in [1.165, 1.54) is 41.5 Å². The van der Waals surface area contributed by atoms with Crippen LogP contribution in [0.25, 0.3) is 11.1 Å². The lowest BCUT2D eigenvalue weighted by Gasteiger charge is -2.34. The average molecular weight is 979 g/mol. The van der Waals surface area contributed by atoms with E-state index in [0.29, 0.717) is 11.2 Å². The Bertz CT molecular complexity index is 2960. The van der Waals surface area contributed by atoms with E-state index < -0.39 is 23.3 Å². The SMILES string of the molecule is Brc1ccc([Si](C2=CC=[C+]C=C2)(c2ccccc2)c2ccccc2)cc1.Nc1ccccc1-c1ccc([Si](c2ccccc2)(c2ccccc2)c2ccccc2)cc1.Nc1ccccc1B(O)O. The molecule has 0 bridgehead atoms. The third-order valence-electron chi connectivity index (χ3n) is 12.3. The largest absolute Gasteiger partial charge is 0.490 e. The first-order valence-corrected chi connectivity index (χ1v) is 27.3. The third kappa shape index (κ3) is 10.1. The summed E-state index contributed by atoms with van der Waals surface area (Å²) in [7, 11) is -6.30. The second-order valence-electron chi connectivity index (χ2n) is 16.3. The van der Waals surface area contributed by atoms with Crippen molar-refractivity contribution in [1.29, 1.82) is 0 Å². The molecule has 6 N–H and O–H groups in total. The first kappa shape index (κ1) is 47.1. The van der Waals surface area contributed by atoms with E-state index in [2.05, 4.69) is 240 Å². The third-order valence-corrected chi connectivity index (χ3v) is 22.4. The van der Waals surface area contributed by atoms with Gasteiger partial charge in [0.05, 0.1) is 5.20 Å². The highest BCUT2D eigenvalue weighted by Crippen LogP contribution is 2.26. The Kier molecular flexibility index (Phi) is 15.5. The topological polar surface area (TPSA) is 92.5 Å². The first-order chi connectivity index (χ1) is 33.3. The molecule has 1 aliphatic carbocycles. The number of hydrogen-bond acceptors (Lipinski definition) is 4. The number of para-hydroxylation sites is 2. The summed E-state index contributed by atoms with van der Waals surface area (Å²) in [4.78, 5) is 0. The lowest BCUT2D eigenvalue weighted by molar-refractivity contribution is 0.426. The normalized spacial score (nSPS) is 11.7. The molecule has 0 saturated carbocycles. The van der Waals surface area contributed by atoms with Crippen LogP contribution in [0.5, 0.6) is 0 Å². The number of rotatable bonds is 10. The van der Waals surface area contributed by atoms with Crippen molar-refractivity contribution in [2.24, 2.45) is 0 Å². The van der Waals surface area contributed by atoms with Gasteiger partial charge >= 0.3 is 7.12 Å². The molecule has 0 aromatic heterocycles. The molecule has 9 aromatic rings. The summed E-state index contributed by atoms with van der Waals surface area (Å²) in [6.07, 6.45) is 11.7. The van der Waals surface area contributed by atoms with Gasteiger partial charge in [-0.15, -0.1) is 0 Å². The quantitative estimate of drug-likeness (QED) is 0.0493. The minimum Gasteiger partial charge on any atom is -0.423 e. The number of nitrogen functional groups attached to an aromatic ring is 2. The van der Waals surface area contributed by atoms with Gasteiger partial charge in [0.25, 0.3) is 0 Å². The van der Waals surface area contributed by atoms with Crippen LogP contribution in [-0.4, -0.2) is 33.3 Å². The van der Waals surface area contributed by atoms with Gasteiger partial charge in [-0.3, -0.25) is 0 Å². The van der Waals surface area contributed by atoms with Gasteiger partial charge < -0.3 is 21.5 Å². The molecule has 0 aliphatic heterocycles. The van der Waals surface area contributed by atoms with E-state index in [1.54, 1.807) is 24.3 Å². The van der Waals surface area contributed by atoms with Gasteiger partial charge in [0.15, 0.2) is 8.07 Å². The van der Waals surface area contributed by atoms with Gasteiger partial charge in [-0.2, -0.15) is 0 Å². The average Bonchev–Trinajstić information content (AvgIpc) is 3.40. The van der Waals surface area contributed by atoms with Gasteiger partial charge in [-0.1, -0.05) is 240 Å². The standard InChI is InChI=1S/C30H25NSi.C24H18BrSi.C6H8BNO2/c31-30-19-11-10-18-29(30)24-20-22-28(23-21-24)32(25-12-4-1-5-13-25,26-14-6-2-7-15-26)27-16-8-3-9-17-27;25-20-16-18-24(19-17-20)26(21-10-4-1-5-11-21,22-12-6-2-7-13-22)23-14-8-3-9-15-23;8-6-4-2-1-3-5(6)7(9)10/h1-23H,31H2;1-2,4-19H;1-4,9-10H,8H2/q;+1;. The molecule has 0 radical (unpaired) electrons. The van der Waals surface area contributed by atoms with Gasteiger partial charge in [-0.05, 0) is 66.1 Å². The number of halogens is 1. The fourth-order valence-corrected chi connectivity index (χ4v) is 18.9. The van der Waals surface area contributed by atoms with Crippen molar-refractivity contribution in [2.75, 3.05) is 11.5 Å². The van der Waals surface area contributed by atoms with Crippen LogP contribution in [0.3, 0.4) is 0 Å². The van der Waals surface area contributed by atoms with Crippen molar-refractivity contribution in [3.8, 4) is 11.1 Å². The van der Waals surface area contributed by atoms with E-state index in [-0.39, 0.29) is 0 Å². The molecular formula is C60H51BBrN2O2Si2+. The van der Waals surface area contributed by atoms with Crippen molar-refractivity contribution in [1.82, 2.24) is 0 Å². The predicted octanol–water partition coefficient (Wildman–Crippen LogP) is 7.58. The van der Waals surface area contributed by atoms with Crippen LogP contribution in [0.15, 0.2) is 283 Å². The molecule has 0 saturated heterocycles.